The van der Waals surface area contributed by atoms with Crippen LogP contribution >= 0.6 is 0 Å². The van der Waals surface area contributed by atoms with Gasteiger partial charge in [0.05, 0.1) is 12.6 Å². The van der Waals surface area contributed by atoms with Crippen LogP contribution in [0.2, 0.25) is 0 Å². The van der Waals surface area contributed by atoms with E-state index in [9.17, 15) is 0 Å². The first kappa shape index (κ1) is 17.6. The number of pyridine rings is 1. The van der Waals surface area contributed by atoms with Crippen molar-refractivity contribution in [2.24, 2.45) is 0 Å². The Morgan fingerprint density at radius 1 is 0.862 bits per heavy atom. The first-order valence-corrected chi connectivity index (χ1v) is 9.93. The highest BCUT2D eigenvalue weighted by Crippen LogP contribution is 2.33. The van der Waals surface area contributed by atoms with Crippen LogP contribution in [0.5, 0.6) is 5.75 Å². The second-order valence-electron chi connectivity index (χ2n) is 7.27. The highest BCUT2D eigenvalue weighted by atomic mass is 16.5. The van der Waals surface area contributed by atoms with Crippen LogP contribution < -0.4 is 9.64 Å². The third-order valence-electron chi connectivity index (χ3n) is 5.42. The Morgan fingerprint density at radius 3 is 2.38 bits per heavy atom. The number of ether oxygens (including phenoxy) is 1. The highest BCUT2D eigenvalue weighted by Gasteiger charge is 2.19. The maximum absolute atomic E-state index is 5.29. The number of hydrogen-bond donors (Lipinski definition) is 0. The normalized spacial score (nSPS) is 13.8. The van der Waals surface area contributed by atoms with E-state index in [0.717, 1.165) is 58.1 Å². The number of anilines is 1. The van der Waals surface area contributed by atoms with Gasteiger partial charge in [0.2, 0.25) is 0 Å². The van der Waals surface area contributed by atoms with Gasteiger partial charge in [-0.15, -0.1) is 0 Å². The fourth-order valence-corrected chi connectivity index (χ4v) is 3.87. The lowest BCUT2D eigenvalue weighted by atomic mass is 10.0. The van der Waals surface area contributed by atoms with Crippen molar-refractivity contribution in [3.05, 3.63) is 67.0 Å². The summed E-state index contributed by atoms with van der Waals surface area (Å²) in [4.78, 5) is 16.4. The zero-order valence-electron chi connectivity index (χ0n) is 16.4. The van der Waals surface area contributed by atoms with Gasteiger partial charge in [-0.05, 0) is 60.4 Å². The SMILES string of the molecule is COc1ccc(-c2ccc3nc(-c4cccnc4)nc(N4CCCC4)c3c2)cc1. The molecule has 0 aliphatic carbocycles. The number of hydrogen-bond acceptors (Lipinski definition) is 5. The largest absolute Gasteiger partial charge is 0.497 e. The van der Waals surface area contributed by atoms with Crippen molar-refractivity contribution in [1.82, 2.24) is 15.0 Å². The number of aromatic nitrogens is 3. The van der Waals surface area contributed by atoms with Crippen LogP contribution in [0, 0.1) is 0 Å². The van der Waals surface area contributed by atoms with E-state index >= 15 is 0 Å². The predicted molar refractivity (Wildman–Crippen MR) is 116 cm³/mol. The van der Waals surface area contributed by atoms with Gasteiger partial charge in [-0.3, -0.25) is 4.98 Å². The van der Waals surface area contributed by atoms with Crippen LogP contribution in [0.15, 0.2) is 67.0 Å². The molecule has 0 atom stereocenters. The van der Waals surface area contributed by atoms with Gasteiger partial charge in [0.15, 0.2) is 5.82 Å². The second kappa shape index (κ2) is 7.51. The lowest BCUT2D eigenvalue weighted by Crippen LogP contribution is -2.20. The van der Waals surface area contributed by atoms with Crippen molar-refractivity contribution in [3.63, 3.8) is 0 Å². The minimum Gasteiger partial charge on any atom is -0.497 e. The first-order valence-electron chi connectivity index (χ1n) is 9.93. The van der Waals surface area contributed by atoms with E-state index in [1.807, 2.05) is 30.5 Å². The molecule has 2 aromatic carbocycles. The fourth-order valence-electron chi connectivity index (χ4n) is 3.87. The number of fused-ring (bicyclic) bond motifs is 1. The summed E-state index contributed by atoms with van der Waals surface area (Å²) in [5.74, 6) is 2.60. The molecule has 4 aromatic rings. The van der Waals surface area contributed by atoms with Crippen molar-refractivity contribution in [2.75, 3.05) is 25.1 Å². The molecule has 0 N–H and O–H groups in total. The maximum Gasteiger partial charge on any atom is 0.163 e. The van der Waals surface area contributed by atoms with Crippen molar-refractivity contribution in [2.45, 2.75) is 12.8 Å². The molecule has 144 valence electrons. The zero-order valence-corrected chi connectivity index (χ0v) is 16.4. The van der Waals surface area contributed by atoms with Crippen LogP contribution in [0.25, 0.3) is 33.4 Å². The molecule has 3 heterocycles. The molecule has 1 aliphatic heterocycles. The van der Waals surface area contributed by atoms with E-state index in [1.165, 1.54) is 12.8 Å². The number of benzene rings is 2. The minimum absolute atomic E-state index is 0.727. The summed E-state index contributed by atoms with van der Waals surface area (Å²) in [6, 6.07) is 18.5. The highest BCUT2D eigenvalue weighted by molar-refractivity contribution is 5.94. The Labute approximate surface area is 170 Å². The summed E-state index contributed by atoms with van der Waals surface area (Å²) >= 11 is 0. The van der Waals surface area contributed by atoms with Gasteiger partial charge in [-0.25, -0.2) is 9.97 Å². The van der Waals surface area contributed by atoms with Crippen molar-refractivity contribution in [1.29, 1.82) is 0 Å². The van der Waals surface area contributed by atoms with Gasteiger partial charge >= 0.3 is 0 Å². The first-order chi connectivity index (χ1) is 14.3. The molecule has 0 saturated carbocycles. The standard InChI is InChI=1S/C24H22N4O/c1-29-20-9-6-17(7-10-20)18-8-11-22-21(15-18)24(28-13-2-3-14-28)27-23(26-22)19-5-4-12-25-16-19/h4-12,15-16H,2-3,13-14H2,1H3. The van der Waals surface area contributed by atoms with Gasteiger partial charge in [0, 0.05) is 36.4 Å². The van der Waals surface area contributed by atoms with Gasteiger partial charge in [-0.1, -0.05) is 18.2 Å². The van der Waals surface area contributed by atoms with Gasteiger partial charge < -0.3 is 9.64 Å². The quantitative estimate of drug-likeness (QED) is 0.499. The van der Waals surface area contributed by atoms with Crippen molar-refractivity contribution >= 4 is 16.7 Å². The molecule has 0 radical (unpaired) electrons. The Kier molecular flexibility index (Phi) is 4.56. The Hall–Kier alpha value is -3.47. The summed E-state index contributed by atoms with van der Waals surface area (Å²) in [5, 5.41) is 1.09. The Bertz CT molecular complexity index is 1140. The molecule has 0 bridgehead atoms. The summed E-state index contributed by atoms with van der Waals surface area (Å²) in [5.41, 5.74) is 4.20. The van der Waals surface area contributed by atoms with Crippen molar-refractivity contribution < 1.29 is 4.74 Å². The average molecular weight is 382 g/mol. The van der Waals surface area contributed by atoms with Crippen LogP contribution in [0.1, 0.15) is 12.8 Å². The van der Waals surface area contributed by atoms with Crippen LogP contribution in [0.3, 0.4) is 0 Å². The third-order valence-corrected chi connectivity index (χ3v) is 5.42. The molecule has 1 fully saturated rings. The van der Waals surface area contributed by atoms with Gasteiger partial charge in [-0.2, -0.15) is 0 Å². The molecule has 5 rings (SSSR count). The van der Waals surface area contributed by atoms with E-state index in [2.05, 4.69) is 40.2 Å². The average Bonchev–Trinajstić information content (AvgIpc) is 3.33. The summed E-state index contributed by atoms with van der Waals surface area (Å²) in [7, 11) is 1.69. The fraction of sp³-hybridized carbons (Fsp3) is 0.208. The number of methoxy groups -OCH3 is 1. The molecule has 1 aliphatic rings. The van der Waals surface area contributed by atoms with E-state index in [0.29, 0.717) is 0 Å². The lowest BCUT2D eigenvalue weighted by molar-refractivity contribution is 0.415. The predicted octanol–water partition coefficient (Wildman–Crippen LogP) is 4.97. The van der Waals surface area contributed by atoms with E-state index in [4.69, 9.17) is 14.7 Å². The number of rotatable bonds is 4. The van der Waals surface area contributed by atoms with Crippen LogP contribution in [0.4, 0.5) is 5.82 Å². The molecule has 1 saturated heterocycles. The smallest absolute Gasteiger partial charge is 0.163 e. The minimum atomic E-state index is 0.727. The van der Waals surface area contributed by atoms with Crippen LogP contribution in [-0.2, 0) is 0 Å². The molecular weight excluding hydrogens is 360 g/mol. The molecule has 5 heteroatoms. The van der Waals surface area contributed by atoms with E-state index in [1.54, 1.807) is 13.3 Å². The molecular formula is C24H22N4O. The summed E-state index contributed by atoms with van der Waals surface area (Å²) < 4.78 is 5.29. The Morgan fingerprint density at radius 2 is 1.66 bits per heavy atom. The maximum atomic E-state index is 5.29. The third kappa shape index (κ3) is 3.40. The topological polar surface area (TPSA) is 51.1 Å². The monoisotopic (exact) mass is 382 g/mol. The van der Waals surface area contributed by atoms with Gasteiger partial charge in [0.25, 0.3) is 0 Å². The molecule has 0 amide bonds. The zero-order chi connectivity index (χ0) is 19.6. The molecule has 2 aromatic heterocycles. The molecule has 5 nitrogen and oxygen atoms in total. The van der Waals surface area contributed by atoms with Crippen LogP contribution in [-0.4, -0.2) is 35.2 Å². The second-order valence-corrected chi connectivity index (χ2v) is 7.27. The van der Waals surface area contributed by atoms with Crippen molar-refractivity contribution in [3.8, 4) is 28.3 Å². The lowest BCUT2D eigenvalue weighted by Gasteiger charge is -2.20. The summed E-state index contributed by atoms with van der Waals surface area (Å²) in [6.07, 6.45) is 5.99. The van der Waals surface area contributed by atoms with E-state index < -0.39 is 0 Å². The molecule has 0 unspecified atom stereocenters. The number of nitrogens with zero attached hydrogens (tertiary/aromatic N) is 4. The van der Waals surface area contributed by atoms with Gasteiger partial charge in [0.1, 0.15) is 11.6 Å². The van der Waals surface area contributed by atoms with E-state index in [-0.39, 0.29) is 0 Å². The Balaban J connectivity index is 1.66. The molecule has 0 spiro atoms. The summed E-state index contributed by atoms with van der Waals surface area (Å²) in [6.45, 7) is 2.07. The molecule has 29 heavy (non-hydrogen) atoms.